The van der Waals surface area contributed by atoms with Crippen LogP contribution in [0.15, 0.2) is 114 Å². The van der Waals surface area contributed by atoms with Crippen LogP contribution in [0.3, 0.4) is 0 Å². The van der Waals surface area contributed by atoms with E-state index in [1.165, 1.54) is 42.5 Å². The summed E-state index contributed by atoms with van der Waals surface area (Å²) in [6, 6.07) is 23.8. The number of benzene rings is 4. The van der Waals surface area contributed by atoms with Gasteiger partial charge in [-0.15, -0.1) is 0 Å². The lowest BCUT2D eigenvalue weighted by molar-refractivity contribution is -0.140. The molecule has 4 aromatic rings. The van der Waals surface area contributed by atoms with Gasteiger partial charge < -0.3 is 10.2 Å². The minimum absolute atomic E-state index is 0.0000443. The van der Waals surface area contributed by atoms with Gasteiger partial charge in [0.1, 0.15) is 18.4 Å². The van der Waals surface area contributed by atoms with Crippen molar-refractivity contribution in [1.29, 1.82) is 0 Å². The van der Waals surface area contributed by atoms with E-state index in [1.807, 2.05) is 13.8 Å². The number of sulfonamides is 1. The van der Waals surface area contributed by atoms with Crippen molar-refractivity contribution in [2.75, 3.05) is 17.4 Å². The molecule has 0 radical (unpaired) electrons. The number of hydrogen-bond acceptors (Lipinski definition) is 4. The van der Waals surface area contributed by atoms with Crippen molar-refractivity contribution >= 4 is 27.5 Å². The zero-order valence-corrected chi connectivity index (χ0v) is 26.6. The van der Waals surface area contributed by atoms with E-state index in [9.17, 15) is 31.2 Å². The predicted molar refractivity (Wildman–Crippen MR) is 171 cm³/mol. The van der Waals surface area contributed by atoms with Crippen LogP contribution in [-0.2, 0) is 38.8 Å². The highest BCUT2D eigenvalue weighted by Crippen LogP contribution is 2.33. The highest BCUT2D eigenvalue weighted by atomic mass is 32.2. The summed E-state index contributed by atoms with van der Waals surface area (Å²) in [5.74, 6) is -2.08. The largest absolute Gasteiger partial charge is 0.416 e. The number of nitrogens with one attached hydrogen (secondary N) is 1. The van der Waals surface area contributed by atoms with Crippen LogP contribution in [0.2, 0.25) is 0 Å². The monoisotopic (exact) mass is 669 g/mol. The Kier molecular flexibility index (Phi) is 11.4. The number of carbonyl (C=O) groups is 2. The molecule has 2 amide bonds. The first-order valence-corrected chi connectivity index (χ1v) is 16.3. The van der Waals surface area contributed by atoms with Gasteiger partial charge in [0, 0.05) is 25.1 Å². The van der Waals surface area contributed by atoms with Crippen LogP contribution in [-0.4, -0.2) is 44.3 Å². The zero-order chi connectivity index (χ0) is 34.2. The van der Waals surface area contributed by atoms with Crippen LogP contribution in [0, 0.1) is 11.7 Å². The van der Waals surface area contributed by atoms with E-state index in [-0.39, 0.29) is 29.3 Å². The molecule has 1 atom stereocenters. The topological polar surface area (TPSA) is 86.8 Å². The Balaban J connectivity index is 1.84. The molecule has 0 fully saturated rings. The molecule has 0 aliphatic rings. The Labute approximate surface area is 271 Å². The van der Waals surface area contributed by atoms with Gasteiger partial charge in [0.15, 0.2) is 0 Å². The Morgan fingerprint density at radius 1 is 0.830 bits per heavy atom. The third-order valence-electron chi connectivity index (χ3n) is 7.33. The first-order chi connectivity index (χ1) is 22.3. The van der Waals surface area contributed by atoms with Crippen LogP contribution in [0.4, 0.5) is 23.2 Å². The molecule has 0 aliphatic heterocycles. The number of anilines is 1. The van der Waals surface area contributed by atoms with Crippen molar-refractivity contribution in [3.8, 4) is 0 Å². The van der Waals surface area contributed by atoms with Gasteiger partial charge in [0.25, 0.3) is 10.0 Å². The second-order valence-electron chi connectivity index (χ2n) is 11.3. The predicted octanol–water partition coefficient (Wildman–Crippen LogP) is 6.45. The van der Waals surface area contributed by atoms with E-state index in [0.717, 1.165) is 23.1 Å². The summed E-state index contributed by atoms with van der Waals surface area (Å²) in [5, 5.41) is 2.82. The molecule has 1 N–H and O–H groups in total. The molecule has 0 heterocycles. The van der Waals surface area contributed by atoms with E-state index in [1.54, 1.807) is 42.5 Å². The Bertz CT molecular complexity index is 1770. The molecule has 0 saturated heterocycles. The second kappa shape index (κ2) is 15.3. The first-order valence-electron chi connectivity index (χ1n) is 14.9. The Morgan fingerprint density at radius 3 is 2.06 bits per heavy atom. The molecule has 12 heteroatoms. The third kappa shape index (κ3) is 9.19. The van der Waals surface area contributed by atoms with Crippen LogP contribution < -0.4 is 9.62 Å². The average molecular weight is 670 g/mol. The fourth-order valence-electron chi connectivity index (χ4n) is 4.87. The number of hydrogen-bond donors (Lipinski definition) is 1. The quantitative estimate of drug-likeness (QED) is 0.166. The smallest absolute Gasteiger partial charge is 0.354 e. The van der Waals surface area contributed by atoms with Gasteiger partial charge in [0.05, 0.1) is 16.1 Å². The molecule has 0 saturated carbocycles. The maximum Gasteiger partial charge on any atom is 0.416 e. The summed E-state index contributed by atoms with van der Waals surface area (Å²) in [4.78, 5) is 28.9. The lowest BCUT2D eigenvalue weighted by Crippen LogP contribution is -2.53. The van der Waals surface area contributed by atoms with Gasteiger partial charge in [-0.1, -0.05) is 86.6 Å². The number of carbonyl (C=O) groups excluding carboxylic acids is 2. The van der Waals surface area contributed by atoms with E-state index in [4.69, 9.17) is 0 Å². The molecule has 1 unspecified atom stereocenters. The van der Waals surface area contributed by atoms with E-state index >= 15 is 4.39 Å². The number of amides is 2. The molecule has 4 aromatic carbocycles. The minimum Gasteiger partial charge on any atom is -0.354 e. The van der Waals surface area contributed by atoms with Gasteiger partial charge in [-0.25, -0.2) is 12.8 Å². The van der Waals surface area contributed by atoms with E-state index < -0.39 is 64.2 Å². The maximum atomic E-state index is 15.0. The molecule has 248 valence electrons. The highest BCUT2D eigenvalue weighted by molar-refractivity contribution is 7.92. The summed E-state index contributed by atoms with van der Waals surface area (Å²) < 4.78 is 84.7. The van der Waals surface area contributed by atoms with Crippen LogP contribution >= 0.6 is 0 Å². The van der Waals surface area contributed by atoms with Crippen LogP contribution in [0.25, 0.3) is 0 Å². The van der Waals surface area contributed by atoms with Crippen molar-refractivity contribution in [2.45, 2.75) is 43.9 Å². The van der Waals surface area contributed by atoms with Gasteiger partial charge in [0.2, 0.25) is 11.8 Å². The molecule has 0 spiro atoms. The second-order valence-corrected chi connectivity index (χ2v) is 13.2. The number of nitrogens with zero attached hydrogens (tertiary/aromatic N) is 2. The molecular formula is C35H35F4N3O4S. The standard InChI is InChI=1S/C35H35F4N3O4S/c1-25(2)22-40-34(44)32(20-26-12-5-3-6-13-26)41(23-27-14-9-10-19-31(27)36)33(43)24-42(47(45,46)30-17-7-4-8-18-30)29-16-11-15-28(21-29)35(37,38)39/h3-19,21,25,32H,20,22-24H2,1-2H3,(H,40,44). The summed E-state index contributed by atoms with van der Waals surface area (Å²) in [6.07, 6.45) is -4.80. The minimum atomic E-state index is -4.80. The number of alkyl halides is 3. The lowest BCUT2D eigenvalue weighted by atomic mass is 10.0. The van der Waals surface area contributed by atoms with E-state index in [2.05, 4.69) is 5.32 Å². The van der Waals surface area contributed by atoms with E-state index in [0.29, 0.717) is 15.9 Å². The van der Waals surface area contributed by atoms with Gasteiger partial charge in [-0.2, -0.15) is 13.2 Å². The van der Waals surface area contributed by atoms with Crippen LogP contribution in [0.5, 0.6) is 0 Å². The normalized spacial score (nSPS) is 12.4. The lowest BCUT2D eigenvalue weighted by Gasteiger charge is -2.34. The van der Waals surface area contributed by atoms with Gasteiger partial charge in [-0.3, -0.25) is 13.9 Å². The number of rotatable bonds is 13. The summed E-state index contributed by atoms with van der Waals surface area (Å²) >= 11 is 0. The maximum absolute atomic E-state index is 15.0. The number of halogens is 4. The summed E-state index contributed by atoms with van der Waals surface area (Å²) in [7, 11) is -4.61. The molecule has 47 heavy (non-hydrogen) atoms. The van der Waals surface area contributed by atoms with Crippen molar-refractivity contribution in [2.24, 2.45) is 5.92 Å². The molecule has 0 aliphatic carbocycles. The first kappa shape index (κ1) is 35.1. The Morgan fingerprint density at radius 2 is 1.45 bits per heavy atom. The molecule has 7 nitrogen and oxygen atoms in total. The third-order valence-corrected chi connectivity index (χ3v) is 9.11. The van der Waals surface area contributed by atoms with Crippen molar-refractivity contribution in [1.82, 2.24) is 10.2 Å². The van der Waals surface area contributed by atoms with Gasteiger partial charge in [-0.05, 0) is 47.9 Å². The summed E-state index contributed by atoms with van der Waals surface area (Å²) in [6.45, 7) is 2.65. The average Bonchev–Trinajstić information content (AvgIpc) is 3.05. The zero-order valence-electron chi connectivity index (χ0n) is 25.8. The SMILES string of the molecule is CC(C)CNC(=O)C(Cc1ccccc1)N(Cc1ccccc1F)C(=O)CN(c1cccc(C(F)(F)F)c1)S(=O)(=O)c1ccccc1. The molecular weight excluding hydrogens is 634 g/mol. The highest BCUT2D eigenvalue weighted by Gasteiger charge is 2.36. The van der Waals surface area contributed by atoms with Crippen LogP contribution in [0.1, 0.15) is 30.5 Å². The van der Waals surface area contributed by atoms with Crippen molar-refractivity contribution in [3.63, 3.8) is 0 Å². The molecule has 0 bridgehead atoms. The Hall–Kier alpha value is -4.71. The molecule has 4 rings (SSSR count). The molecule has 0 aromatic heterocycles. The summed E-state index contributed by atoms with van der Waals surface area (Å²) in [5.41, 5.74) is -0.789. The fraction of sp³-hybridized carbons (Fsp3) is 0.257. The van der Waals surface area contributed by atoms with Crippen molar-refractivity contribution in [3.05, 3.63) is 132 Å². The fourth-order valence-corrected chi connectivity index (χ4v) is 6.30. The van der Waals surface area contributed by atoms with Gasteiger partial charge >= 0.3 is 6.18 Å². The van der Waals surface area contributed by atoms with Crippen molar-refractivity contribution < 1.29 is 35.6 Å².